The number of rotatable bonds is 2. The number of nitrogens with two attached hydrogens (primary N) is 1. The fourth-order valence-corrected chi connectivity index (χ4v) is 1.57. The molecule has 0 amide bonds. The van der Waals surface area contributed by atoms with Crippen molar-refractivity contribution in [3.05, 3.63) is 48.0 Å². The summed E-state index contributed by atoms with van der Waals surface area (Å²) in [5, 5.41) is 18.1. The van der Waals surface area contributed by atoms with Gasteiger partial charge in [-0.2, -0.15) is 0 Å². The molecule has 0 saturated carbocycles. The van der Waals surface area contributed by atoms with Gasteiger partial charge in [0.25, 0.3) is 0 Å². The van der Waals surface area contributed by atoms with Crippen LogP contribution in [-0.4, -0.2) is 16.2 Å². The number of carboxylic acids is 1. The molecule has 4 N–H and O–H groups in total. The fraction of sp³-hybridized carbons (Fsp3) is 0. The van der Waals surface area contributed by atoms with Crippen LogP contribution in [0.1, 0.15) is 10.4 Å². The normalized spacial score (nSPS) is 10.1. The first-order valence-corrected chi connectivity index (χ1v) is 5.00. The second-order valence-corrected chi connectivity index (χ2v) is 3.65. The maximum atomic E-state index is 10.9. The molecule has 0 aliphatic heterocycles. The SMILES string of the molecule is Nc1ccc(-c2ccc(O)cc2)cc1C(=O)O. The number of phenols is 1. The lowest BCUT2D eigenvalue weighted by atomic mass is 10.0. The predicted molar refractivity (Wildman–Crippen MR) is 64.9 cm³/mol. The van der Waals surface area contributed by atoms with Gasteiger partial charge in [-0.1, -0.05) is 18.2 Å². The third-order valence-corrected chi connectivity index (χ3v) is 2.48. The largest absolute Gasteiger partial charge is 0.508 e. The van der Waals surface area contributed by atoms with E-state index in [0.717, 1.165) is 11.1 Å². The van der Waals surface area contributed by atoms with Gasteiger partial charge in [-0.05, 0) is 35.4 Å². The van der Waals surface area contributed by atoms with Crippen molar-refractivity contribution in [2.24, 2.45) is 0 Å². The minimum absolute atomic E-state index is 0.0792. The van der Waals surface area contributed by atoms with Crippen molar-refractivity contribution < 1.29 is 15.0 Å². The minimum Gasteiger partial charge on any atom is -0.508 e. The number of carbonyl (C=O) groups is 1. The molecule has 0 aliphatic carbocycles. The number of aromatic carboxylic acids is 1. The highest BCUT2D eigenvalue weighted by molar-refractivity contribution is 5.95. The number of benzene rings is 2. The quantitative estimate of drug-likeness (QED) is 0.690. The molecule has 0 aliphatic rings. The Labute approximate surface area is 97.9 Å². The van der Waals surface area contributed by atoms with Crippen LogP contribution in [0.15, 0.2) is 42.5 Å². The van der Waals surface area contributed by atoms with Crippen molar-refractivity contribution in [1.82, 2.24) is 0 Å². The Bertz CT molecular complexity index is 561. The Morgan fingerprint density at radius 1 is 1.00 bits per heavy atom. The van der Waals surface area contributed by atoms with Crippen molar-refractivity contribution in [3.63, 3.8) is 0 Å². The molecular formula is C13H11NO3. The fourth-order valence-electron chi connectivity index (χ4n) is 1.57. The van der Waals surface area contributed by atoms with Crippen LogP contribution in [0, 0.1) is 0 Å². The Hall–Kier alpha value is -2.49. The Kier molecular flexibility index (Phi) is 2.70. The number of hydrogen-bond acceptors (Lipinski definition) is 3. The summed E-state index contributed by atoms with van der Waals surface area (Å²) >= 11 is 0. The van der Waals surface area contributed by atoms with E-state index in [2.05, 4.69) is 0 Å². The highest BCUT2D eigenvalue weighted by Crippen LogP contribution is 2.25. The number of carboxylic acid groups (broad SMARTS) is 1. The zero-order chi connectivity index (χ0) is 12.4. The molecule has 4 heteroatoms. The average molecular weight is 229 g/mol. The molecule has 0 fully saturated rings. The molecule has 0 atom stereocenters. The molecule has 86 valence electrons. The first kappa shape index (κ1) is 11.0. The first-order valence-electron chi connectivity index (χ1n) is 5.00. The number of phenolic OH excluding ortho intramolecular Hbond substituents is 1. The van der Waals surface area contributed by atoms with Gasteiger partial charge in [-0.15, -0.1) is 0 Å². The number of anilines is 1. The molecule has 2 rings (SSSR count). The summed E-state index contributed by atoms with van der Waals surface area (Å²) in [4.78, 5) is 10.9. The highest BCUT2D eigenvalue weighted by Gasteiger charge is 2.09. The van der Waals surface area contributed by atoms with Gasteiger partial charge in [-0.25, -0.2) is 4.79 Å². The predicted octanol–water partition coefficient (Wildman–Crippen LogP) is 2.34. The summed E-state index contributed by atoms with van der Waals surface area (Å²) < 4.78 is 0. The van der Waals surface area contributed by atoms with Crippen LogP contribution in [0.2, 0.25) is 0 Å². The molecular weight excluding hydrogens is 218 g/mol. The molecule has 0 bridgehead atoms. The molecule has 0 spiro atoms. The Balaban J connectivity index is 2.50. The van der Waals surface area contributed by atoms with Crippen molar-refractivity contribution in [2.75, 3.05) is 5.73 Å². The molecule has 0 radical (unpaired) electrons. The van der Waals surface area contributed by atoms with Crippen molar-refractivity contribution >= 4 is 11.7 Å². The molecule has 17 heavy (non-hydrogen) atoms. The van der Waals surface area contributed by atoms with Crippen molar-refractivity contribution in [1.29, 1.82) is 0 Å². The molecule has 2 aromatic carbocycles. The van der Waals surface area contributed by atoms with Crippen molar-refractivity contribution in [2.45, 2.75) is 0 Å². The van der Waals surface area contributed by atoms with E-state index in [1.807, 2.05) is 0 Å². The molecule has 0 unspecified atom stereocenters. The third kappa shape index (κ3) is 2.20. The summed E-state index contributed by atoms with van der Waals surface area (Å²) in [5.41, 5.74) is 7.46. The topological polar surface area (TPSA) is 83.5 Å². The highest BCUT2D eigenvalue weighted by atomic mass is 16.4. The smallest absolute Gasteiger partial charge is 0.337 e. The van der Waals surface area contributed by atoms with E-state index in [1.165, 1.54) is 6.07 Å². The summed E-state index contributed by atoms with van der Waals surface area (Å²) in [6.07, 6.45) is 0. The van der Waals surface area contributed by atoms with Gasteiger partial charge >= 0.3 is 5.97 Å². The van der Waals surface area contributed by atoms with Gasteiger partial charge < -0.3 is 15.9 Å². The second-order valence-electron chi connectivity index (χ2n) is 3.65. The summed E-state index contributed by atoms with van der Waals surface area (Å²) in [5.74, 6) is -0.884. The van der Waals surface area contributed by atoms with Crippen LogP contribution < -0.4 is 5.73 Å². The molecule has 0 aromatic heterocycles. The zero-order valence-electron chi connectivity index (χ0n) is 8.92. The van der Waals surface area contributed by atoms with Gasteiger partial charge in [0.2, 0.25) is 0 Å². The van der Waals surface area contributed by atoms with Gasteiger partial charge in [0.05, 0.1) is 5.56 Å². The number of aromatic hydroxyl groups is 1. The van der Waals surface area contributed by atoms with Crippen LogP contribution in [-0.2, 0) is 0 Å². The zero-order valence-corrected chi connectivity index (χ0v) is 8.92. The van der Waals surface area contributed by atoms with Crippen LogP contribution in [0.25, 0.3) is 11.1 Å². The molecule has 0 saturated heterocycles. The van der Waals surface area contributed by atoms with E-state index >= 15 is 0 Å². The molecule has 2 aromatic rings. The van der Waals surface area contributed by atoms with E-state index < -0.39 is 5.97 Å². The second kappa shape index (κ2) is 4.17. The van der Waals surface area contributed by atoms with Gasteiger partial charge in [0.1, 0.15) is 5.75 Å². The summed E-state index contributed by atoms with van der Waals surface area (Å²) in [6.45, 7) is 0. The summed E-state index contributed by atoms with van der Waals surface area (Å²) in [6, 6.07) is 11.3. The maximum absolute atomic E-state index is 10.9. The van der Waals surface area contributed by atoms with E-state index in [9.17, 15) is 9.90 Å². The minimum atomic E-state index is -1.05. The van der Waals surface area contributed by atoms with E-state index in [4.69, 9.17) is 10.8 Å². The lowest BCUT2D eigenvalue weighted by Crippen LogP contribution is -2.02. The van der Waals surface area contributed by atoms with Crippen LogP contribution in [0.3, 0.4) is 0 Å². The van der Waals surface area contributed by atoms with E-state index in [1.54, 1.807) is 36.4 Å². The number of hydrogen-bond donors (Lipinski definition) is 3. The standard InChI is InChI=1S/C13H11NO3/c14-12-6-3-9(7-11(12)13(16)17)8-1-4-10(15)5-2-8/h1-7,15H,14H2,(H,16,17). The number of nitrogen functional groups attached to an aromatic ring is 1. The van der Waals surface area contributed by atoms with Gasteiger partial charge in [0.15, 0.2) is 0 Å². The summed E-state index contributed by atoms with van der Waals surface area (Å²) in [7, 11) is 0. The van der Waals surface area contributed by atoms with E-state index in [0.29, 0.717) is 0 Å². The lowest BCUT2D eigenvalue weighted by Gasteiger charge is -2.05. The third-order valence-electron chi connectivity index (χ3n) is 2.48. The monoisotopic (exact) mass is 229 g/mol. The molecule has 0 heterocycles. The van der Waals surface area contributed by atoms with Crippen LogP contribution >= 0.6 is 0 Å². The van der Waals surface area contributed by atoms with Gasteiger partial charge in [-0.3, -0.25) is 0 Å². The molecule has 4 nitrogen and oxygen atoms in total. The lowest BCUT2D eigenvalue weighted by molar-refractivity contribution is 0.0698. The van der Waals surface area contributed by atoms with Crippen LogP contribution in [0.5, 0.6) is 5.75 Å². The maximum Gasteiger partial charge on any atom is 0.337 e. The average Bonchev–Trinajstić information content (AvgIpc) is 2.30. The van der Waals surface area contributed by atoms with Crippen molar-refractivity contribution in [3.8, 4) is 16.9 Å². The van der Waals surface area contributed by atoms with Crippen LogP contribution in [0.4, 0.5) is 5.69 Å². The Morgan fingerprint density at radius 3 is 2.18 bits per heavy atom. The van der Waals surface area contributed by atoms with Gasteiger partial charge in [0, 0.05) is 5.69 Å². The first-order chi connectivity index (χ1) is 8.08. The van der Waals surface area contributed by atoms with E-state index in [-0.39, 0.29) is 17.0 Å². The Morgan fingerprint density at radius 2 is 1.59 bits per heavy atom.